The lowest BCUT2D eigenvalue weighted by Crippen LogP contribution is -2.31. The molecule has 1 atom stereocenters. The number of para-hydroxylation sites is 1. The van der Waals surface area contributed by atoms with Crippen LogP contribution in [0.5, 0.6) is 17.2 Å². The van der Waals surface area contributed by atoms with E-state index >= 15 is 0 Å². The van der Waals surface area contributed by atoms with E-state index < -0.39 is 10.0 Å². The number of sulfonamides is 1. The molecule has 0 aromatic heterocycles. The van der Waals surface area contributed by atoms with Gasteiger partial charge in [-0.1, -0.05) is 18.2 Å². The van der Waals surface area contributed by atoms with E-state index in [4.69, 9.17) is 14.2 Å². The third-order valence-corrected chi connectivity index (χ3v) is 6.59. The average molecular weight is 499 g/mol. The minimum Gasteiger partial charge on any atom is -0.496 e. The van der Waals surface area contributed by atoms with Crippen molar-refractivity contribution in [2.45, 2.75) is 31.7 Å². The Bertz CT molecular complexity index is 1260. The van der Waals surface area contributed by atoms with Gasteiger partial charge in [0, 0.05) is 11.3 Å². The molecule has 0 spiro atoms. The van der Waals surface area contributed by atoms with Crippen molar-refractivity contribution < 1.29 is 27.4 Å². The van der Waals surface area contributed by atoms with Crippen LogP contribution < -0.4 is 24.2 Å². The number of aryl methyl sites for hydroxylation is 1. The molecule has 186 valence electrons. The summed E-state index contributed by atoms with van der Waals surface area (Å²) in [7, 11) is -2.22. The number of benzene rings is 3. The van der Waals surface area contributed by atoms with E-state index in [1.165, 1.54) is 12.1 Å². The van der Waals surface area contributed by atoms with Crippen LogP contribution in [0, 0.1) is 6.92 Å². The number of hydrogen-bond donors (Lipinski definition) is 2. The Labute approximate surface area is 206 Å². The number of carbonyl (C=O) groups excluding carboxylic acids is 1. The Kier molecular flexibility index (Phi) is 8.59. The Morgan fingerprint density at radius 2 is 1.69 bits per heavy atom. The number of carbonyl (C=O) groups is 1. The lowest BCUT2D eigenvalue weighted by molar-refractivity contribution is -0.123. The molecule has 8 nitrogen and oxygen atoms in total. The first-order valence-electron chi connectivity index (χ1n) is 11.1. The fourth-order valence-corrected chi connectivity index (χ4v) is 4.62. The molecule has 0 radical (unpaired) electrons. The third-order valence-electron chi connectivity index (χ3n) is 5.22. The van der Waals surface area contributed by atoms with E-state index in [2.05, 4.69) is 10.0 Å². The van der Waals surface area contributed by atoms with Crippen LogP contribution in [-0.2, 0) is 14.8 Å². The molecule has 0 bridgehead atoms. The first-order valence-corrected chi connectivity index (χ1v) is 12.6. The van der Waals surface area contributed by atoms with E-state index in [0.717, 1.165) is 5.56 Å². The highest BCUT2D eigenvalue weighted by Gasteiger charge is 2.17. The van der Waals surface area contributed by atoms with Crippen molar-refractivity contribution in [3.05, 3.63) is 77.9 Å². The summed E-state index contributed by atoms with van der Waals surface area (Å²) in [4.78, 5) is 12.5. The Morgan fingerprint density at radius 1 is 0.971 bits per heavy atom. The number of anilines is 1. The van der Waals surface area contributed by atoms with Gasteiger partial charge in [-0.2, -0.15) is 0 Å². The van der Waals surface area contributed by atoms with Crippen LogP contribution >= 0.6 is 0 Å². The second-order valence-electron chi connectivity index (χ2n) is 7.81. The van der Waals surface area contributed by atoms with Gasteiger partial charge in [0.2, 0.25) is 0 Å². The Hall–Kier alpha value is -3.72. The highest BCUT2D eigenvalue weighted by atomic mass is 32.2. The molecule has 0 unspecified atom stereocenters. The van der Waals surface area contributed by atoms with E-state index in [9.17, 15) is 13.2 Å². The molecule has 0 heterocycles. The van der Waals surface area contributed by atoms with Gasteiger partial charge in [-0.05, 0) is 74.9 Å². The van der Waals surface area contributed by atoms with Crippen LogP contribution in [0.1, 0.15) is 31.0 Å². The van der Waals surface area contributed by atoms with Gasteiger partial charge < -0.3 is 19.5 Å². The fraction of sp³-hybridized carbons (Fsp3) is 0.269. The maximum Gasteiger partial charge on any atom is 0.261 e. The topological polar surface area (TPSA) is 103 Å². The van der Waals surface area contributed by atoms with Crippen molar-refractivity contribution in [1.82, 2.24) is 5.32 Å². The maximum absolute atomic E-state index is 12.8. The average Bonchev–Trinajstić information content (AvgIpc) is 2.84. The summed E-state index contributed by atoms with van der Waals surface area (Å²) in [5.74, 6) is 1.46. The van der Waals surface area contributed by atoms with Crippen LogP contribution in [0.15, 0.2) is 71.6 Å². The zero-order valence-electron chi connectivity index (χ0n) is 20.2. The predicted octanol–water partition coefficient (Wildman–Crippen LogP) is 4.46. The van der Waals surface area contributed by atoms with Gasteiger partial charge >= 0.3 is 0 Å². The smallest absolute Gasteiger partial charge is 0.261 e. The molecular formula is C26H30N2O6S. The number of hydrogen-bond acceptors (Lipinski definition) is 6. The molecule has 3 aromatic rings. The summed E-state index contributed by atoms with van der Waals surface area (Å²) < 4.78 is 44.5. The molecule has 0 aliphatic rings. The minimum absolute atomic E-state index is 0.0884. The van der Waals surface area contributed by atoms with Gasteiger partial charge in [0.15, 0.2) is 6.61 Å². The second kappa shape index (κ2) is 11.6. The maximum atomic E-state index is 12.8. The summed E-state index contributed by atoms with van der Waals surface area (Å²) in [5.41, 5.74) is 1.87. The molecule has 3 aromatic carbocycles. The van der Waals surface area contributed by atoms with Crippen LogP contribution in [0.3, 0.4) is 0 Å². The molecule has 35 heavy (non-hydrogen) atoms. The van der Waals surface area contributed by atoms with E-state index in [1.807, 2.05) is 38.1 Å². The third kappa shape index (κ3) is 6.89. The number of nitrogens with one attached hydrogen (secondary N) is 2. The zero-order valence-corrected chi connectivity index (χ0v) is 21.0. The monoisotopic (exact) mass is 498 g/mol. The fourth-order valence-electron chi connectivity index (χ4n) is 3.48. The first kappa shape index (κ1) is 25.9. The van der Waals surface area contributed by atoms with Crippen LogP contribution in [0.2, 0.25) is 0 Å². The summed E-state index contributed by atoms with van der Waals surface area (Å²) in [6, 6.07) is 18.3. The molecule has 9 heteroatoms. The number of rotatable bonds is 11. The zero-order chi connectivity index (χ0) is 25.4. The van der Waals surface area contributed by atoms with Crippen molar-refractivity contribution in [2.75, 3.05) is 25.0 Å². The van der Waals surface area contributed by atoms with Crippen molar-refractivity contribution in [3.8, 4) is 17.2 Å². The first-order chi connectivity index (χ1) is 16.7. The molecule has 0 saturated heterocycles. The SMILES string of the molecule is CCOc1ccc(NS(=O)(=O)c2ccc(OCC(=O)N[C@H](C)c3ccccc3OC)c(C)c2)cc1. The molecule has 0 saturated carbocycles. The quantitative estimate of drug-likeness (QED) is 0.405. The molecule has 0 aliphatic carbocycles. The van der Waals surface area contributed by atoms with Crippen molar-refractivity contribution in [1.29, 1.82) is 0 Å². The minimum atomic E-state index is -3.80. The number of ether oxygens (including phenoxy) is 3. The van der Waals surface area contributed by atoms with E-state index in [1.54, 1.807) is 44.4 Å². The van der Waals surface area contributed by atoms with E-state index in [-0.39, 0.29) is 23.5 Å². The highest BCUT2D eigenvalue weighted by molar-refractivity contribution is 7.92. The summed E-state index contributed by atoms with van der Waals surface area (Å²) in [5, 5.41) is 2.88. The van der Waals surface area contributed by atoms with Crippen molar-refractivity contribution in [3.63, 3.8) is 0 Å². The van der Waals surface area contributed by atoms with Gasteiger partial charge in [0.25, 0.3) is 15.9 Å². The lowest BCUT2D eigenvalue weighted by Gasteiger charge is -2.18. The van der Waals surface area contributed by atoms with E-state index in [0.29, 0.717) is 35.1 Å². The summed E-state index contributed by atoms with van der Waals surface area (Å²) >= 11 is 0. The van der Waals surface area contributed by atoms with Crippen LogP contribution in [0.25, 0.3) is 0 Å². The standard InChI is InChI=1S/C26H30N2O6S/c1-5-33-21-12-10-20(11-13-21)28-35(30,31)22-14-15-24(18(2)16-22)34-17-26(29)27-19(3)23-8-6-7-9-25(23)32-4/h6-16,19,28H,5,17H2,1-4H3,(H,27,29)/t19-/m1/s1. The predicted molar refractivity (Wildman–Crippen MR) is 135 cm³/mol. The largest absolute Gasteiger partial charge is 0.496 e. The van der Waals surface area contributed by atoms with Crippen molar-refractivity contribution in [2.24, 2.45) is 0 Å². The Balaban J connectivity index is 1.60. The number of amides is 1. The summed E-state index contributed by atoms with van der Waals surface area (Å²) in [6.07, 6.45) is 0. The molecule has 0 fully saturated rings. The molecule has 3 rings (SSSR count). The summed E-state index contributed by atoms with van der Waals surface area (Å²) in [6.45, 7) is 5.78. The lowest BCUT2D eigenvalue weighted by atomic mass is 10.1. The highest BCUT2D eigenvalue weighted by Crippen LogP contribution is 2.26. The Morgan fingerprint density at radius 3 is 2.34 bits per heavy atom. The van der Waals surface area contributed by atoms with Gasteiger partial charge in [-0.15, -0.1) is 0 Å². The van der Waals surface area contributed by atoms with Crippen LogP contribution in [0.4, 0.5) is 5.69 Å². The molecular weight excluding hydrogens is 468 g/mol. The molecule has 2 N–H and O–H groups in total. The van der Waals surface area contributed by atoms with Gasteiger partial charge in [0.05, 0.1) is 24.7 Å². The van der Waals surface area contributed by atoms with Crippen LogP contribution in [-0.4, -0.2) is 34.6 Å². The van der Waals surface area contributed by atoms with Gasteiger partial charge in [-0.3, -0.25) is 9.52 Å². The normalized spacial score (nSPS) is 11.9. The molecule has 1 amide bonds. The number of methoxy groups -OCH3 is 1. The van der Waals surface area contributed by atoms with Gasteiger partial charge in [-0.25, -0.2) is 8.42 Å². The molecule has 0 aliphatic heterocycles. The van der Waals surface area contributed by atoms with Gasteiger partial charge in [0.1, 0.15) is 17.2 Å². The second-order valence-corrected chi connectivity index (χ2v) is 9.49. The van der Waals surface area contributed by atoms with Crippen molar-refractivity contribution >= 4 is 21.6 Å².